The van der Waals surface area contributed by atoms with Crippen molar-refractivity contribution < 1.29 is 10.2 Å². The molecule has 2 heteroatoms. The number of aliphatic hydroxyl groups excluding tert-OH is 1. The van der Waals surface area contributed by atoms with Crippen LogP contribution in [0.25, 0.3) is 0 Å². The Balaban J connectivity index is 2.46. The van der Waals surface area contributed by atoms with Crippen molar-refractivity contribution >= 4 is 0 Å². The quantitative estimate of drug-likeness (QED) is 0.310. The first kappa shape index (κ1) is 28.2. The molecule has 6 atom stereocenters. The Kier molecular flexibility index (Phi) is 10.2. The Morgan fingerprint density at radius 2 is 1.34 bits per heavy atom. The van der Waals surface area contributed by atoms with Crippen molar-refractivity contribution in [3.05, 3.63) is 0 Å². The van der Waals surface area contributed by atoms with E-state index >= 15 is 0 Å². The van der Waals surface area contributed by atoms with Crippen molar-refractivity contribution in [2.24, 2.45) is 40.4 Å². The summed E-state index contributed by atoms with van der Waals surface area (Å²) >= 11 is 0. The molecule has 0 aromatic rings. The van der Waals surface area contributed by atoms with Gasteiger partial charge in [0, 0.05) is 0 Å². The zero-order valence-electron chi connectivity index (χ0n) is 23.1. The van der Waals surface area contributed by atoms with Gasteiger partial charge in [-0.25, -0.2) is 0 Å². The third kappa shape index (κ3) is 6.53. The van der Waals surface area contributed by atoms with Crippen molar-refractivity contribution in [1.82, 2.24) is 0 Å². The molecule has 0 radical (unpaired) electrons. The highest BCUT2D eigenvalue weighted by molar-refractivity contribution is 5.02. The topological polar surface area (TPSA) is 40.5 Å². The maximum absolute atomic E-state index is 12.1. The van der Waals surface area contributed by atoms with Crippen molar-refractivity contribution in [3.63, 3.8) is 0 Å². The van der Waals surface area contributed by atoms with Crippen LogP contribution in [0.5, 0.6) is 0 Å². The highest BCUT2D eigenvalue weighted by Gasteiger charge is 2.52. The zero-order chi connectivity index (χ0) is 24.2. The second-order valence-electron chi connectivity index (χ2n) is 13.5. The SMILES string of the molecule is CCCCCC(O)[C@](O)(CCC)CC(C1C(C)CCCC1(C)C)C1C(C)CCCC1(C)C. The normalized spacial score (nSPS) is 33.9. The molecular weight excluding hydrogens is 392 g/mol. The summed E-state index contributed by atoms with van der Waals surface area (Å²) in [5.74, 6) is 3.09. The van der Waals surface area contributed by atoms with Crippen molar-refractivity contribution in [2.75, 3.05) is 0 Å². The van der Waals surface area contributed by atoms with Crippen LogP contribution in [0, 0.1) is 40.4 Å². The second kappa shape index (κ2) is 11.6. The Morgan fingerprint density at radius 1 is 0.844 bits per heavy atom. The summed E-state index contributed by atoms with van der Waals surface area (Å²) in [5.41, 5.74) is -0.348. The zero-order valence-corrected chi connectivity index (χ0v) is 23.1. The number of hydrogen-bond donors (Lipinski definition) is 2. The summed E-state index contributed by atoms with van der Waals surface area (Å²) < 4.78 is 0. The van der Waals surface area contributed by atoms with Crippen LogP contribution in [0.15, 0.2) is 0 Å². The smallest absolute Gasteiger partial charge is 0.0908 e. The molecule has 2 rings (SSSR count). The van der Waals surface area contributed by atoms with Gasteiger partial charge in [-0.3, -0.25) is 0 Å². The van der Waals surface area contributed by atoms with E-state index in [-0.39, 0.29) is 0 Å². The number of hydrogen-bond acceptors (Lipinski definition) is 2. The van der Waals surface area contributed by atoms with E-state index in [4.69, 9.17) is 0 Å². The molecule has 2 saturated carbocycles. The average Bonchev–Trinajstić information content (AvgIpc) is 2.66. The van der Waals surface area contributed by atoms with E-state index in [0.29, 0.717) is 40.4 Å². The first-order chi connectivity index (χ1) is 14.9. The molecule has 5 unspecified atom stereocenters. The number of aliphatic hydroxyl groups is 2. The third-order valence-electron chi connectivity index (χ3n) is 9.89. The molecule has 2 N–H and O–H groups in total. The largest absolute Gasteiger partial charge is 0.390 e. The van der Waals surface area contributed by atoms with E-state index in [9.17, 15) is 10.2 Å². The van der Waals surface area contributed by atoms with Gasteiger partial charge in [-0.2, -0.15) is 0 Å². The predicted molar refractivity (Wildman–Crippen MR) is 139 cm³/mol. The Morgan fingerprint density at radius 3 is 1.75 bits per heavy atom. The van der Waals surface area contributed by atoms with Crippen LogP contribution >= 0.6 is 0 Å². The fourth-order valence-electron chi connectivity index (χ4n) is 8.57. The van der Waals surface area contributed by atoms with E-state index in [1.54, 1.807) is 0 Å². The molecule has 0 heterocycles. The molecule has 32 heavy (non-hydrogen) atoms. The Labute approximate surface area is 201 Å². The standard InChI is InChI=1S/C30H58O2/c1-9-11-12-17-25(31)30(32,18-10-2)21-24(26-22(3)15-13-19-28(26,5)6)27-23(4)16-14-20-29(27,7)8/h22-27,31-32H,9-21H2,1-8H3/t22?,23?,24?,25?,26?,27?,30-/m0/s1. The van der Waals surface area contributed by atoms with Gasteiger partial charge < -0.3 is 10.2 Å². The van der Waals surface area contributed by atoms with Crippen LogP contribution in [-0.4, -0.2) is 21.9 Å². The van der Waals surface area contributed by atoms with E-state index in [1.807, 2.05) is 0 Å². The van der Waals surface area contributed by atoms with Crippen LogP contribution in [0.3, 0.4) is 0 Å². The van der Waals surface area contributed by atoms with Gasteiger partial charge >= 0.3 is 0 Å². The minimum Gasteiger partial charge on any atom is -0.390 e. The minimum absolute atomic E-state index is 0.301. The van der Waals surface area contributed by atoms with Crippen molar-refractivity contribution in [3.8, 4) is 0 Å². The highest BCUT2D eigenvalue weighted by atomic mass is 16.3. The van der Waals surface area contributed by atoms with Gasteiger partial charge in [0.25, 0.3) is 0 Å². The predicted octanol–water partition coefficient (Wildman–Crippen LogP) is 8.39. The first-order valence-electron chi connectivity index (χ1n) is 14.3. The highest BCUT2D eigenvalue weighted by Crippen LogP contribution is 2.58. The second-order valence-corrected chi connectivity index (χ2v) is 13.5. The molecule has 0 aromatic heterocycles. The Hall–Kier alpha value is -0.0800. The van der Waals surface area contributed by atoms with Crippen LogP contribution < -0.4 is 0 Å². The molecule has 0 aliphatic heterocycles. The lowest BCUT2D eigenvalue weighted by Crippen LogP contribution is -2.53. The molecule has 0 amide bonds. The van der Waals surface area contributed by atoms with Crippen molar-refractivity contribution in [1.29, 1.82) is 0 Å². The molecule has 2 nitrogen and oxygen atoms in total. The fourth-order valence-corrected chi connectivity index (χ4v) is 8.57. The van der Waals surface area contributed by atoms with Gasteiger partial charge in [-0.1, -0.05) is 107 Å². The van der Waals surface area contributed by atoms with Gasteiger partial charge in [-0.15, -0.1) is 0 Å². The van der Waals surface area contributed by atoms with Crippen LogP contribution in [-0.2, 0) is 0 Å². The van der Waals surface area contributed by atoms with E-state index in [0.717, 1.165) is 44.9 Å². The number of unbranched alkanes of at least 4 members (excludes halogenated alkanes) is 2. The van der Waals surface area contributed by atoms with Gasteiger partial charge in [-0.05, 0) is 72.5 Å². The molecule has 2 aliphatic carbocycles. The monoisotopic (exact) mass is 450 g/mol. The molecule has 2 aliphatic rings. The lowest BCUT2D eigenvalue weighted by molar-refractivity contribution is -0.138. The molecule has 190 valence electrons. The van der Waals surface area contributed by atoms with E-state index < -0.39 is 11.7 Å². The van der Waals surface area contributed by atoms with Gasteiger partial charge in [0.15, 0.2) is 0 Å². The summed E-state index contributed by atoms with van der Waals surface area (Å²) in [6.45, 7) is 19.3. The summed E-state index contributed by atoms with van der Waals surface area (Å²) in [6.07, 6.45) is 13.8. The summed E-state index contributed by atoms with van der Waals surface area (Å²) in [5, 5.41) is 23.4. The summed E-state index contributed by atoms with van der Waals surface area (Å²) in [7, 11) is 0. The molecular formula is C30H58O2. The van der Waals surface area contributed by atoms with Crippen LogP contribution in [0.1, 0.15) is 139 Å². The van der Waals surface area contributed by atoms with E-state index in [2.05, 4.69) is 55.4 Å². The lowest BCUT2D eigenvalue weighted by atomic mass is 9.49. The minimum atomic E-state index is -0.951. The van der Waals surface area contributed by atoms with Crippen molar-refractivity contribution in [2.45, 2.75) is 151 Å². The van der Waals surface area contributed by atoms with Gasteiger partial charge in [0.2, 0.25) is 0 Å². The molecule has 0 aromatic carbocycles. The van der Waals surface area contributed by atoms with E-state index in [1.165, 1.54) is 38.5 Å². The number of rotatable bonds is 11. The molecule has 0 saturated heterocycles. The van der Waals surface area contributed by atoms with Crippen LogP contribution in [0.4, 0.5) is 0 Å². The molecule has 0 spiro atoms. The van der Waals surface area contributed by atoms with Crippen LogP contribution in [0.2, 0.25) is 0 Å². The maximum Gasteiger partial charge on any atom is 0.0908 e. The lowest BCUT2D eigenvalue weighted by Gasteiger charge is -2.57. The Bertz CT molecular complexity index is 521. The average molecular weight is 451 g/mol. The first-order valence-corrected chi connectivity index (χ1v) is 14.3. The summed E-state index contributed by atoms with van der Waals surface area (Å²) in [6, 6.07) is 0. The third-order valence-corrected chi connectivity index (χ3v) is 9.89. The summed E-state index contributed by atoms with van der Waals surface area (Å²) in [4.78, 5) is 0. The van der Waals surface area contributed by atoms with Gasteiger partial charge in [0.1, 0.15) is 0 Å². The molecule has 2 fully saturated rings. The fraction of sp³-hybridized carbons (Fsp3) is 1.00. The molecule has 0 bridgehead atoms. The maximum atomic E-state index is 12.1. The van der Waals surface area contributed by atoms with Gasteiger partial charge in [0.05, 0.1) is 11.7 Å².